The molecule has 0 radical (unpaired) electrons. The second-order valence-corrected chi connectivity index (χ2v) is 6.65. The van der Waals surface area contributed by atoms with Gasteiger partial charge < -0.3 is 14.5 Å². The van der Waals surface area contributed by atoms with Crippen LogP contribution in [0.25, 0.3) is 11.1 Å². The van der Waals surface area contributed by atoms with Crippen LogP contribution in [0.1, 0.15) is 44.9 Å². The minimum Gasteiger partial charge on any atom is -0.456 e. The van der Waals surface area contributed by atoms with Crippen molar-refractivity contribution in [1.82, 2.24) is 9.88 Å². The number of esters is 1. The Bertz CT molecular complexity index is 815. The van der Waals surface area contributed by atoms with E-state index < -0.39 is 11.7 Å². The summed E-state index contributed by atoms with van der Waals surface area (Å²) in [6, 6.07) is 7.20. The number of aryl methyl sites for hydroxylation is 1. The minimum absolute atomic E-state index is 0.000142. The summed E-state index contributed by atoms with van der Waals surface area (Å²) in [6.45, 7) is -0.130. The number of fused-ring (bicyclic) bond motifs is 1. The van der Waals surface area contributed by atoms with E-state index in [2.05, 4.69) is 5.32 Å². The van der Waals surface area contributed by atoms with E-state index >= 15 is 0 Å². The third-order valence-electron chi connectivity index (χ3n) is 4.70. The number of para-hydroxylation sites is 2. The number of nitrogens with zero attached hydrogens (tertiary/aromatic N) is 1. The molecule has 7 nitrogen and oxygen atoms in total. The summed E-state index contributed by atoms with van der Waals surface area (Å²) in [5.41, 5.74) is 1.12. The molecule has 0 unspecified atom stereocenters. The number of hydrogen-bond acceptors (Lipinski definition) is 5. The lowest BCUT2D eigenvalue weighted by Gasteiger charge is -2.16. The maximum absolute atomic E-state index is 11.9. The Kier molecular flexibility index (Phi) is 6.09. The highest BCUT2D eigenvalue weighted by atomic mass is 16.5. The van der Waals surface area contributed by atoms with Gasteiger partial charge in [0.2, 0.25) is 0 Å². The maximum Gasteiger partial charge on any atom is 0.419 e. The van der Waals surface area contributed by atoms with E-state index in [0.717, 1.165) is 25.7 Å². The third kappa shape index (κ3) is 4.74. The smallest absolute Gasteiger partial charge is 0.419 e. The molecule has 0 atom stereocenters. The van der Waals surface area contributed by atoms with Crippen molar-refractivity contribution in [3.05, 3.63) is 34.8 Å². The fourth-order valence-corrected chi connectivity index (χ4v) is 3.34. The highest BCUT2D eigenvalue weighted by Crippen LogP contribution is 2.17. The van der Waals surface area contributed by atoms with Crippen LogP contribution < -0.4 is 11.1 Å². The van der Waals surface area contributed by atoms with Crippen LogP contribution in [0.5, 0.6) is 0 Å². The van der Waals surface area contributed by atoms with Crippen LogP contribution in [0.4, 0.5) is 0 Å². The van der Waals surface area contributed by atoms with Crippen LogP contribution in [-0.4, -0.2) is 29.1 Å². The van der Waals surface area contributed by atoms with Crippen molar-refractivity contribution in [2.75, 3.05) is 6.61 Å². The molecule has 1 N–H and O–H groups in total. The Morgan fingerprint density at radius 1 is 1.15 bits per heavy atom. The van der Waals surface area contributed by atoms with Gasteiger partial charge in [-0.25, -0.2) is 4.79 Å². The molecule has 140 valence electrons. The highest BCUT2D eigenvalue weighted by Gasteiger charge is 2.16. The van der Waals surface area contributed by atoms with E-state index in [4.69, 9.17) is 9.15 Å². The first-order valence-electron chi connectivity index (χ1n) is 9.17. The van der Waals surface area contributed by atoms with Crippen molar-refractivity contribution < 1.29 is 18.7 Å². The first-order valence-corrected chi connectivity index (χ1v) is 9.17. The lowest BCUT2D eigenvalue weighted by molar-refractivity contribution is -0.149. The number of carbonyl (C=O) groups is 2. The molecule has 1 saturated carbocycles. The average molecular weight is 360 g/mol. The van der Waals surface area contributed by atoms with Gasteiger partial charge >= 0.3 is 11.7 Å². The molecule has 3 rings (SSSR count). The molecule has 0 spiro atoms. The first kappa shape index (κ1) is 18.2. The molecule has 1 aromatic heterocycles. The third-order valence-corrected chi connectivity index (χ3v) is 4.70. The first-order chi connectivity index (χ1) is 12.6. The number of aromatic nitrogens is 1. The van der Waals surface area contributed by atoms with E-state index in [9.17, 15) is 14.4 Å². The Hall–Kier alpha value is -2.57. The number of nitrogens with one attached hydrogen (secondary N) is 1. The van der Waals surface area contributed by atoms with Crippen molar-refractivity contribution in [1.29, 1.82) is 0 Å². The van der Waals surface area contributed by atoms with Crippen molar-refractivity contribution in [2.24, 2.45) is 0 Å². The van der Waals surface area contributed by atoms with E-state index in [-0.39, 0.29) is 31.5 Å². The molecule has 0 bridgehead atoms. The predicted octanol–water partition coefficient (Wildman–Crippen LogP) is 2.37. The Morgan fingerprint density at radius 2 is 1.88 bits per heavy atom. The number of ether oxygens (including phenoxy) is 1. The van der Waals surface area contributed by atoms with Gasteiger partial charge in [-0.05, 0) is 25.0 Å². The summed E-state index contributed by atoms with van der Waals surface area (Å²) >= 11 is 0. The van der Waals surface area contributed by atoms with Gasteiger partial charge in [-0.2, -0.15) is 0 Å². The fourth-order valence-electron chi connectivity index (χ4n) is 3.34. The molecular formula is C19H24N2O5. The average Bonchev–Trinajstić information content (AvgIpc) is 2.78. The van der Waals surface area contributed by atoms with Gasteiger partial charge in [0.05, 0.1) is 11.9 Å². The molecule has 1 aromatic carbocycles. The predicted molar refractivity (Wildman–Crippen MR) is 95.7 cm³/mol. The normalized spacial score (nSPS) is 15.5. The van der Waals surface area contributed by atoms with E-state index in [1.807, 2.05) is 0 Å². The minimum atomic E-state index is -0.516. The number of amides is 1. The van der Waals surface area contributed by atoms with Crippen LogP contribution >= 0.6 is 0 Å². The van der Waals surface area contributed by atoms with Crippen LogP contribution in [0.15, 0.2) is 33.5 Å². The van der Waals surface area contributed by atoms with Crippen LogP contribution in [0.3, 0.4) is 0 Å². The summed E-state index contributed by atoms with van der Waals surface area (Å²) in [7, 11) is 0. The Morgan fingerprint density at radius 3 is 2.65 bits per heavy atom. The van der Waals surface area contributed by atoms with Gasteiger partial charge in [-0.15, -0.1) is 0 Å². The van der Waals surface area contributed by atoms with Crippen LogP contribution in [-0.2, 0) is 20.9 Å². The molecule has 1 aliphatic carbocycles. The summed E-state index contributed by atoms with van der Waals surface area (Å²) in [4.78, 5) is 35.7. The molecule has 26 heavy (non-hydrogen) atoms. The summed E-state index contributed by atoms with van der Waals surface area (Å²) < 4.78 is 11.5. The molecule has 1 aliphatic rings. The zero-order valence-electron chi connectivity index (χ0n) is 14.7. The van der Waals surface area contributed by atoms with Crippen molar-refractivity contribution in [3.8, 4) is 0 Å². The monoisotopic (exact) mass is 360 g/mol. The summed E-state index contributed by atoms with van der Waals surface area (Å²) in [5.74, 6) is -1.29. The lowest BCUT2D eigenvalue weighted by Crippen LogP contribution is -2.37. The SMILES string of the molecule is O=C(COC(=O)CCn1c(=O)oc2ccccc21)NC1CCCCCC1. The molecule has 0 saturated heterocycles. The van der Waals surface area contributed by atoms with E-state index in [1.165, 1.54) is 17.4 Å². The van der Waals surface area contributed by atoms with Gasteiger partial charge in [0.1, 0.15) is 0 Å². The Labute approximate surface area is 151 Å². The topological polar surface area (TPSA) is 90.5 Å². The van der Waals surface area contributed by atoms with Gasteiger partial charge in [0.15, 0.2) is 12.2 Å². The number of carbonyl (C=O) groups excluding carboxylic acids is 2. The fraction of sp³-hybridized carbons (Fsp3) is 0.526. The van der Waals surface area contributed by atoms with Gasteiger partial charge in [-0.3, -0.25) is 14.2 Å². The quantitative estimate of drug-likeness (QED) is 0.631. The second kappa shape index (κ2) is 8.69. The number of oxazole rings is 1. The molecule has 7 heteroatoms. The second-order valence-electron chi connectivity index (χ2n) is 6.65. The summed E-state index contributed by atoms with van der Waals surface area (Å²) in [5, 5.41) is 2.93. The zero-order chi connectivity index (χ0) is 18.4. The lowest BCUT2D eigenvalue weighted by atomic mass is 10.1. The number of hydrogen-bond donors (Lipinski definition) is 1. The Balaban J connectivity index is 1.44. The van der Waals surface area contributed by atoms with Crippen molar-refractivity contribution >= 4 is 23.0 Å². The molecule has 1 fully saturated rings. The molecule has 1 heterocycles. The number of rotatable bonds is 6. The van der Waals surface area contributed by atoms with Gasteiger partial charge in [0, 0.05) is 12.6 Å². The summed E-state index contributed by atoms with van der Waals surface area (Å²) in [6.07, 6.45) is 6.63. The maximum atomic E-state index is 11.9. The largest absolute Gasteiger partial charge is 0.456 e. The van der Waals surface area contributed by atoms with Gasteiger partial charge in [0.25, 0.3) is 5.91 Å². The van der Waals surface area contributed by atoms with Crippen LogP contribution in [0.2, 0.25) is 0 Å². The molecule has 1 amide bonds. The van der Waals surface area contributed by atoms with E-state index in [0.29, 0.717) is 11.1 Å². The molecular weight excluding hydrogens is 336 g/mol. The van der Waals surface area contributed by atoms with Crippen LogP contribution in [0, 0.1) is 0 Å². The standard InChI is InChI=1S/C19H24N2O5/c22-17(20-14-7-3-1-2-4-8-14)13-25-18(23)11-12-21-15-9-5-6-10-16(15)26-19(21)24/h5-6,9-10,14H,1-4,7-8,11-13H2,(H,20,22). The molecule has 2 aromatic rings. The van der Waals surface area contributed by atoms with Crippen molar-refractivity contribution in [3.63, 3.8) is 0 Å². The highest BCUT2D eigenvalue weighted by molar-refractivity contribution is 5.80. The number of benzene rings is 1. The van der Waals surface area contributed by atoms with E-state index in [1.54, 1.807) is 24.3 Å². The zero-order valence-corrected chi connectivity index (χ0v) is 14.7. The van der Waals surface area contributed by atoms with Crippen molar-refractivity contribution in [2.45, 2.75) is 57.5 Å². The molecule has 0 aliphatic heterocycles. The van der Waals surface area contributed by atoms with Gasteiger partial charge in [-0.1, -0.05) is 37.8 Å².